The Labute approximate surface area is 146 Å². The molecule has 0 radical (unpaired) electrons. The number of fused-ring (bicyclic) bond motifs is 1. The summed E-state index contributed by atoms with van der Waals surface area (Å²) in [6.07, 6.45) is 3.73. The van der Waals surface area contributed by atoms with E-state index >= 15 is 0 Å². The van der Waals surface area contributed by atoms with Gasteiger partial charge in [-0.2, -0.15) is 0 Å². The van der Waals surface area contributed by atoms with Gasteiger partial charge in [0.15, 0.2) is 0 Å². The molecule has 1 aliphatic rings. The molecule has 5 heteroatoms. The quantitative estimate of drug-likeness (QED) is 0.714. The number of hydrogen-bond donors (Lipinski definition) is 0. The zero-order valence-electron chi connectivity index (χ0n) is 13.9. The van der Waals surface area contributed by atoms with Crippen LogP contribution in [-0.4, -0.2) is 35.0 Å². The Morgan fingerprint density at radius 2 is 2.08 bits per heavy atom. The minimum atomic E-state index is -0.0994. The number of carbonyl (C=O) groups is 1. The number of ether oxygens (including phenoxy) is 1. The maximum atomic E-state index is 13.1. The van der Waals surface area contributed by atoms with E-state index in [0.29, 0.717) is 18.8 Å². The van der Waals surface area contributed by atoms with Crippen molar-refractivity contribution in [2.75, 3.05) is 13.2 Å². The monoisotopic (exact) mass is 336 g/mol. The molecule has 5 nitrogen and oxygen atoms in total. The van der Waals surface area contributed by atoms with Gasteiger partial charge < -0.3 is 14.1 Å². The number of nitrogens with zero attached hydrogens (tertiary/aromatic N) is 2. The third-order valence-corrected chi connectivity index (χ3v) is 4.48. The zero-order valence-corrected chi connectivity index (χ0v) is 13.9. The Morgan fingerprint density at radius 3 is 2.88 bits per heavy atom. The highest BCUT2D eigenvalue weighted by Crippen LogP contribution is 2.18. The van der Waals surface area contributed by atoms with E-state index in [2.05, 4.69) is 4.98 Å². The van der Waals surface area contributed by atoms with E-state index in [-0.39, 0.29) is 12.0 Å². The highest BCUT2D eigenvalue weighted by Gasteiger charge is 2.25. The molecule has 4 rings (SSSR count). The van der Waals surface area contributed by atoms with Gasteiger partial charge in [-0.15, -0.1) is 0 Å². The summed E-state index contributed by atoms with van der Waals surface area (Å²) >= 11 is 0. The maximum absolute atomic E-state index is 13.1. The van der Waals surface area contributed by atoms with Crippen molar-refractivity contribution in [3.8, 4) is 0 Å². The van der Waals surface area contributed by atoms with Crippen molar-refractivity contribution in [2.24, 2.45) is 0 Å². The van der Waals surface area contributed by atoms with Crippen molar-refractivity contribution in [2.45, 2.75) is 25.5 Å². The number of pyridine rings is 1. The van der Waals surface area contributed by atoms with Crippen LogP contribution in [0.1, 0.15) is 29.1 Å². The largest absolute Gasteiger partial charge is 0.467 e. The zero-order chi connectivity index (χ0) is 17.1. The molecule has 0 saturated carbocycles. The Balaban J connectivity index is 1.60. The standard InChI is InChI=1S/C20H20N2O3/c23-20(19-10-9-15-5-1-2-8-18(15)21-19)22(13-16-6-3-11-24-16)14-17-7-4-12-25-17/h1-3,5-6,8-11,17H,4,7,12-14H2/t17-/m0/s1. The van der Waals surface area contributed by atoms with Crippen molar-refractivity contribution in [1.29, 1.82) is 0 Å². The van der Waals surface area contributed by atoms with Gasteiger partial charge in [-0.05, 0) is 37.1 Å². The number of amides is 1. The van der Waals surface area contributed by atoms with E-state index < -0.39 is 0 Å². The summed E-state index contributed by atoms with van der Waals surface area (Å²) in [7, 11) is 0. The van der Waals surface area contributed by atoms with E-state index in [4.69, 9.17) is 9.15 Å². The second-order valence-corrected chi connectivity index (χ2v) is 6.29. The highest BCUT2D eigenvalue weighted by atomic mass is 16.5. The molecule has 2 aromatic heterocycles. The SMILES string of the molecule is O=C(c1ccc2ccccc2n1)N(Cc1ccco1)C[C@@H]1CCCO1. The fourth-order valence-corrected chi connectivity index (χ4v) is 3.19. The second-order valence-electron chi connectivity index (χ2n) is 6.29. The van der Waals surface area contributed by atoms with Gasteiger partial charge in [-0.3, -0.25) is 4.79 Å². The van der Waals surface area contributed by atoms with Gasteiger partial charge in [-0.25, -0.2) is 4.98 Å². The van der Waals surface area contributed by atoms with Crippen LogP contribution in [0.4, 0.5) is 0 Å². The average Bonchev–Trinajstić information content (AvgIpc) is 3.34. The first-order chi connectivity index (χ1) is 12.3. The average molecular weight is 336 g/mol. The summed E-state index contributed by atoms with van der Waals surface area (Å²) in [6, 6.07) is 15.2. The molecular formula is C20H20N2O3. The fourth-order valence-electron chi connectivity index (χ4n) is 3.19. The fraction of sp³-hybridized carbons (Fsp3) is 0.300. The van der Waals surface area contributed by atoms with Crippen LogP contribution in [0.25, 0.3) is 10.9 Å². The lowest BCUT2D eigenvalue weighted by molar-refractivity contribution is 0.0487. The third-order valence-electron chi connectivity index (χ3n) is 4.48. The van der Waals surface area contributed by atoms with Crippen LogP contribution in [0, 0.1) is 0 Å². The Kier molecular flexibility index (Phi) is 4.48. The molecule has 25 heavy (non-hydrogen) atoms. The number of furan rings is 1. The van der Waals surface area contributed by atoms with Crippen LogP contribution in [0.2, 0.25) is 0 Å². The van der Waals surface area contributed by atoms with E-state index in [1.165, 1.54) is 0 Å². The molecular weight excluding hydrogens is 316 g/mol. The van der Waals surface area contributed by atoms with Crippen LogP contribution >= 0.6 is 0 Å². The number of rotatable bonds is 5. The summed E-state index contributed by atoms with van der Waals surface area (Å²) in [5, 5.41) is 1.02. The Hall–Kier alpha value is -2.66. The minimum Gasteiger partial charge on any atom is -0.467 e. The Morgan fingerprint density at radius 1 is 1.16 bits per heavy atom. The first-order valence-electron chi connectivity index (χ1n) is 8.59. The van der Waals surface area contributed by atoms with Crippen LogP contribution in [-0.2, 0) is 11.3 Å². The topological polar surface area (TPSA) is 55.6 Å². The van der Waals surface area contributed by atoms with Gasteiger partial charge in [-0.1, -0.05) is 24.3 Å². The number of carbonyl (C=O) groups excluding carboxylic acids is 1. The summed E-state index contributed by atoms with van der Waals surface area (Å²) in [4.78, 5) is 19.4. The van der Waals surface area contributed by atoms with Gasteiger partial charge in [0.05, 0.1) is 24.4 Å². The lowest BCUT2D eigenvalue weighted by Gasteiger charge is -2.24. The molecule has 1 saturated heterocycles. The maximum Gasteiger partial charge on any atom is 0.272 e. The first-order valence-corrected chi connectivity index (χ1v) is 8.59. The minimum absolute atomic E-state index is 0.0827. The highest BCUT2D eigenvalue weighted by molar-refractivity contribution is 5.94. The lowest BCUT2D eigenvalue weighted by atomic mass is 10.1. The third kappa shape index (κ3) is 3.56. The number of hydrogen-bond acceptors (Lipinski definition) is 4. The first kappa shape index (κ1) is 15.8. The Bertz CT molecular complexity index is 854. The van der Waals surface area contributed by atoms with Crippen molar-refractivity contribution in [3.05, 3.63) is 66.2 Å². The van der Waals surface area contributed by atoms with Crippen molar-refractivity contribution in [3.63, 3.8) is 0 Å². The normalized spacial score (nSPS) is 17.0. The molecule has 0 spiro atoms. The van der Waals surface area contributed by atoms with E-state index in [0.717, 1.165) is 36.1 Å². The molecule has 1 aliphatic heterocycles. The molecule has 0 N–H and O–H groups in total. The van der Waals surface area contributed by atoms with Gasteiger partial charge in [0.2, 0.25) is 0 Å². The summed E-state index contributed by atoms with van der Waals surface area (Å²) in [6.45, 7) is 1.73. The van der Waals surface area contributed by atoms with E-state index in [1.54, 1.807) is 17.2 Å². The van der Waals surface area contributed by atoms with Gasteiger partial charge in [0.1, 0.15) is 11.5 Å². The molecule has 3 aromatic rings. The predicted molar refractivity (Wildman–Crippen MR) is 94.2 cm³/mol. The van der Waals surface area contributed by atoms with Crippen molar-refractivity contribution >= 4 is 16.8 Å². The van der Waals surface area contributed by atoms with Crippen molar-refractivity contribution in [1.82, 2.24) is 9.88 Å². The molecule has 128 valence electrons. The van der Waals surface area contributed by atoms with Gasteiger partial charge in [0.25, 0.3) is 5.91 Å². The molecule has 0 aliphatic carbocycles. The smallest absolute Gasteiger partial charge is 0.272 e. The van der Waals surface area contributed by atoms with E-state index in [9.17, 15) is 4.79 Å². The molecule has 1 atom stereocenters. The van der Waals surface area contributed by atoms with Crippen LogP contribution < -0.4 is 0 Å². The predicted octanol–water partition coefficient (Wildman–Crippen LogP) is 3.65. The number of aromatic nitrogens is 1. The lowest BCUT2D eigenvalue weighted by Crippen LogP contribution is -2.37. The van der Waals surface area contributed by atoms with Gasteiger partial charge in [0, 0.05) is 18.5 Å². The number of para-hydroxylation sites is 1. The van der Waals surface area contributed by atoms with Crippen LogP contribution in [0.3, 0.4) is 0 Å². The molecule has 0 bridgehead atoms. The second kappa shape index (κ2) is 7.07. The molecule has 3 heterocycles. The van der Waals surface area contributed by atoms with Crippen LogP contribution in [0.5, 0.6) is 0 Å². The molecule has 0 unspecified atom stereocenters. The summed E-state index contributed by atoms with van der Waals surface area (Å²) < 4.78 is 11.1. The summed E-state index contributed by atoms with van der Waals surface area (Å²) in [5.74, 6) is 0.657. The molecule has 1 aromatic carbocycles. The van der Waals surface area contributed by atoms with E-state index in [1.807, 2.05) is 42.5 Å². The molecule has 1 amide bonds. The number of benzene rings is 1. The van der Waals surface area contributed by atoms with Crippen molar-refractivity contribution < 1.29 is 13.9 Å². The van der Waals surface area contributed by atoms with Gasteiger partial charge >= 0.3 is 0 Å². The van der Waals surface area contributed by atoms with Crippen LogP contribution in [0.15, 0.2) is 59.2 Å². The summed E-state index contributed by atoms with van der Waals surface area (Å²) in [5.41, 5.74) is 1.27. The molecule has 1 fully saturated rings.